The monoisotopic (exact) mass is 270 g/mol. The summed E-state index contributed by atoms with van der Waals surface area (Å²) in [7, 11) is 1.58. The summed E-state index contributed by atoms with van der Waals surface area (Å²) < 4.78 is 1.32. The summed E-state index contributed by atoms with van der Waals surface area (Å²) in [5, 5.41) is 0. The molecule has 0 atom stereocenters. The highest BCUT2D eigenvalue weighted by atomic mass is 16.2. The lowest BCUT2D eigenvalue weighted by Crippen LogP contribution is -2.28. The number of hydrogen-bond donors (Lipinski definition) is 2. The number of benzene rings is 1. The molecule has 0 fully saturated rings. The van der Waals surface area contributed by atoms with E-state index in [1.165, 1.54) is 4.57 Å². The van der Waals surface area contributed by atoms with Crippen LogP contribution in [0.1, 0.15) is 12.5 Å². The maximum atomic E-state index is 11.8. The van der Waals surface area contributed by atoms with Crippen molar-refractivity contribution < 1.29 is 0 Å². The Morgan fingerprint density at radius 3 is 2.70 bits per heavy atom. The fourth-order valence-electron chi connectivity index (χ4n) is 2.29. The van der Waals surface area contributed by atoms with Gasteiger partial charge in [-0.2, -0.15) is 0 Å². The number of fused-ring (bicyclic) bond motifs is 1. The van der Waals surface area contributed by atoms with E-state index < -0.39 is 11.2 Å². The molecule has 0 unspecified atom stereocenters. The summed E-state index contributed by atoms with van der Waals surface area (Å²) >= 11 is 0. The van der Waals surface area contributed by atoms with Gasteiger partial charge in [0.15, 0.2) is 5.65 Å². The molecule has 3 aromatic rings. The van der Waals surface area contributed by atoms with Crippen molar-refractivity contribution in [1.82, 2.24) is 19.5 Å². The second-order valence-electron chi connectivity index (χ2n) is 4.61. The van der Waals surface area contributed by atoms with Crippen molar-refractivity contribution in [2.45, 2.75) is 13.3 Å². The van der Waals surface area contributed by atoms with E-state index in [4.69, 9.17) is 0 Å². The molecule has 0 amide bonds. The summed E-state index contributed by atoms with van der Waals surface area (Å²) in [6, 6.07) is 7.85. The molecule has 6 heteroatoms. The highest BCUT2D eigenvalue weighted by Crippen LogP contribution is 2.22. The average molecular weight is 270 g/mol. The highest BCUT2D eigenvalue weighted by Gasteiger charge is 2.13. The Labute approximate surface area is 114 Å². The van der Waals surface area contributed by atoms with Crippen LogP contribution in [0.25, 0.3) is 22.6 Å². The van der Waals surface area contributed by atoms with E-state index in [1.807, 2.05) is 24.3 Å². The molecule has 2 heterocycles. The summed E-state index contributed by atoms with van der Waals surface area (Å²) in [6.07, 6.45) is 0.864. The number of H-pyrrole nitrogens is 2. The molecule has 1 aromatic carbocycles. The van der Waals surface area contributed by atoms with Crippen LogP contribution in [0, 0.1) is 0 Å². The minimum Gasteiger partial charge on any atom is -0.332 e. The molecule has 0 saturated carbocycles. The number of hydrogen-bond acceptors (Lipinski definition) is 3. The second kappa shape index (κ2) is 4.48. The lowest BCUT2D eigenvalue weighted by molar-refractivity contribution is 0.832. The first-order valence-electron chi connectivity index (χ1n) is 6.39. The van der Waals surface area contributed by atoms with E-state index in [0.29, 0.717) is 17.0 Å². The quantitative estimate of drug-likeness (QED) is 0.733. The third-order valence-electron chi connectivity index (χ3n) is 3.41. The predicted molar refractivity (Wildman–Crippen MR) is 76.8 cm³/mol. The van der Waals surface area contributed by atoms with Gasteiger partial charge in [-0.15, -0.1) is 0 Å². The SMILES string of the molecule is CCc1ccccc1-c1nc2c([nH]1)c(=O)[nH]c(=O)n2C. The first-order valence-corrected chi connectivity index (χ1v) is 6.39. The van der Waals surface area contributed by atoms with Crippen LogP contribution in [-0.4, -0.2) is 19.5 Å². The van der Waals surface area contributed by atoms with Gasteiger partial charge in [-0.05, 0) is 12.0 Å². The number of aromatic amines is 2. The maximum absolute atomic E-state index is 11.8. The summed E-state index contributed by atoms with van der Waals surface area (Å²) in [5.74, 6) is 0.601. The van der Waals surface area contributed by atoms with Crippen molar-refractivity contribution in [2.75, 3.05) is 0 Å². The molecule has 102 valence electrons. The normalized spacial score (nSPS) is 11.1. The van der Waals surface area contributed by atoms with E-state index in [2.05, 4.69) is 21.9 Å². The fraction of sp³-hybridized carbons (Fsp3) is 0.214. The van der Waals surface area contributed by atoms with Gasteiger partial charge in [0.1, 0.15) is 11.3 Å². The Hall–Kier alpha value is -2.63. The van der Waals surface area contributed by atoms with Crippen molar-refractivity contribution in [1.29, 1.82) is 0 Å². The fourth-order valence-corrected chi connectivity index (χ4v) is 2.29. The van der Waals surface area contributed by atoms with E-state index in [0.717, 1.165) is 17.5 Å². The number of aryl methyl sites for hydroxylation is 2. The zero-order valence-electron chi connectivity index (χ0n) is 11.2. The van der Waals surface area contributed by atoms with Gasteiger partial charge in [0.05, 0.1) is 0 Å². The number of rotatable bonds is 2. The van der Waals surface area contributed by atoms with Crippen LogP contribution in [0.15, 0.2) is 33.9 Å². The van der Waals surface area contributed by atoms with Crippen LogP contribution in [0.2, 0.25) is 0 Å². The topological polar surface area (TPSA) is 83.5 Å². The Morgan fingerprint density at radius 1 is 1.20 bits per heavy atom. The molecule has 0 spiro atoms. The van der Waals surface area contributed by atoms with E-state index in [1.54, 1.807) is 7.05 Å². The van der Waals surface area contributed by atoms with Crippen molar-refractivity contribution in [3.05, 3.63) is 50.7 Å². The molecule has 0 aliphatic rings. The van der Waals surface area contributed by atoms with E-state index in [-0.39, 0.29) is 0 Å². The van der Waals surface area contributed by atoms with Crippen LogP contribution in [0.3, 0.4) is 0 Å². The van der Waals surface area contributed by atoms with Crippen LogP contribution < -0.4 is 11.2 Å². The Kier molecular flexibility index (Phi) is 2.78. The smallest absolute Gasteiger partial charge is 0.329 e. The zero-order valence-corrected chi connectivity index (χ0v) is 11.2. The first kappa shape index (κ1) is 12.4. The number of aromatic nitrogens is 4. The van der Waals surface area contributed by atoms with E-state index in [9.17, 15) is 9.59 Å². The summed E-state index contributed by atoms with van der Waals surface area (Å²) in [5.41, 5.74) is 1.83. The van der Waals surface area contributed by atoms with Crippen molar-refractivity contribution in [3.8, 4) is 11.4 Å². The molecule has 3 rings (SSSR count). The van der Waals surface area contributed by atoms with Gasteiger partial charge >= 0.3 is 5.69 Å². The van der Waals surface area contributed by atoms with Crippen LogP contribution in [0.4, 0.5) is 0 Å². The van der Waals surface area contributed by atoms with Crippen LogP contribution in [0.5, 0.6) is 0 Å². The Bertz CT molecular complexity index is 901. The standard InChI is InChI=1S/C14H14N4O2/c1-3-8-6-4-5-7-9(8)11-15-10-12(16-11)18(2)14(20)17-13(10)19/h4-7H,3H2,1-2H3,(H,15,16)(H,17,19,20). The molecule has 6 nitrogen and oxygen atoms in total. The molecule has 0 radical (unpaired) electrons. The van der Waals surface area contributed by atoms with Gasteiger partial charge in [0.2, 0.25) is 0 Å². The molecule has 0 aliphatic carbocycles. The van der Waals surface area contributed by atoms with Gasteiger partial charge in [-0.25, -0.2) is 9.78 Å². The maximum Gasteiger partial charge on any atom is 0.329 e. The van der Waals surface area contributed by atoms with Crippen LogP contribution in [-0.2, 0) is 13.5 Å². The molecule has 20 heavy (non-hydrogen) atoms. The minimum absolute atomic E-state index is 0.313. The molecule has 2 aromatic heterocycles. The van der Waals surface area contributed by atoms with E-state index >= 15 is 0 Å². The highest BCUT2D eigenvalue weighted by molar-refractivity contribution is 5.76. The second-order valence-corrected chi connectivity index (χ2v) is 4.61. The minimum atomic E-state index is -0.468. The Morgan fingerprint density at radius 2 is 1.95 bits per heavy atom. The first-order chi connectivity index (χ1) is 9.61. The van der Waals surface area contributed by atoms with Gasteiger partial charge in [-0.1, -0.05) is 31.2 Å². The van der Waals surface area contributed by atoms with Crippen molar-refractivity contribution in [3.63, 3.8) is 0 Å². The summed E-state index contributed by atoms with van der Waals surface area (Å²) in [4.78, 5) is 33.1. The largest absolute Gasteiger partial charge is 0.332 e. The molecular formula is C14H14N4O2. The third-order valence-corrected chi connectivity index (χ3v) is 3.41. The molecule has 2 N–H and O–H groups in total. The Balaban J connectivity index is 2.34. The summed E-state index contributed by atoms with van der Waals surface area (Å²) in [6.45, 7) is 2.06. The lowest BCUT2D eigenvalue weighted by atomic mass is 10.1. The predicted octanol–water partition coefficient (Wildman–Crippen LogP) is 1.18. The van der Waals surface area contributed by atoms with Crippen molar-refractivity contribution >= 4 is 11.2 Å². The van der Waals surface area contributed by atoms with Gasteiger partial charge in [-0.3, -0.25) is 14.3 Å². The number of imidazole rings is 1. The van der Waals surface area contributed by atoms with Crippen molar-refractivity contribution in [2.24, 2.45) is 7.05 Å². The lowest BCUT2D eigenvalue weighted by Gasteiger charge is -2.03. The molecular weight excluding hydrogens is 256 g/mol. The number of nitrogens with zero attached hydrogens (tertiary/aromatic N) is 2. The molecule has 0 saturated heterocycles. The van der Waals surface area contributed by atoms with Crippen LogP contribution >= 0.6 is 0 Å². The number of nitrogens with one attached hydrogen (secondary N) is 2. The van der Waals surface area contributed by atoms with Gasteiger partial charge in [0, 0.05) is 12.6 Å². The van der Waals surface area contributed by atoms with Gasteiger partial charge < -0.3 is 4.98 Å². The molecule has 0 aliphatic heterocycles. The third kappa shape index (κ3) is 1.77. The average Bonchev–Trinajstić information content (AvgIpc) is 2.90. The molecule has 0 bridgehead atoms. The zero-order chi connectivity index (χ0) is 14.3. The van der Waals surface area contributed by atoms with Gasteiger partial charge in [0.25, 0.3) is 5.56 Å².